The second-order valence-electron chi connectivity index (χ2n) is 4.28. The van der Waals surface area contributed by atoms with Crippen LogP contribution in [0.5, 0.6) is 0 Å². The SMILES string of the molecule is CC(=O)CCn1c(CO)nc2cc(C)ccc21. The summed E-state index contributed by atoms with van der Waals surface area (Å²) in [5.74, 6) is 0.759. The number of aliphatic hydroxyl groups is 1. The number of aromatic nitrogens is 2. The van der Waals surface area contributed by atoms with Gasteiger partial charge in [0.1, 0.15) is 18.2 Å². The minimum Gasteiger partial charge on any atom is -0.388 e. The molecule has 0 fully saturated rings. The van der Waals surface area contributed by atoms with Crippen LogP contribution in [-0.2, 0) is 17.9 Å². The number of rotatable bonds is 4. The van der Waals surface area contributed by atoms with Crippen molar-refractivity contribution in [2.45, 2.75) is 33.4 Å². The minimum absolute atomic E-state index is 0.106. The highest BCUT2D eigenvalue weighted by Gasteiger charge is 2.10. The first-order chi connectivity index (χ1) is 8.11. The second-order valence-corrected chi connectivity index (χ2v) is 4.28. The lowest BCUT2D eigenvalue weighted by molar-refractivity contribution is -0.117. The normalized spacial score (nSPS) is 11.0. The van der Waals surface area contributed by atoms with Crippen molar-refractivity contribution in [3.8, 4) is 0 Å². The van der Waals surface area contributed by atoms with Gasteiger partial charge < -0.3 is 9.67 Å². The zero-order valence-electron chi connectivity index (χ0n) is 10.1. The van der Waals surface area contributed by atoms with Gasteiger partial charge in [-0.15, -0.1) is 0 Å². The van der Waals surface area contributed by atoms with E-state index in [0.29, 0.717) is 18.8 Å². The van der Waals surface area contributed by atoms with E-state index in [0.717, 1.165) is 16.6 Å². The number of hydrogen-bond donors (Lipinski definition) is 1. The van der Waals surface area contributed by atoms with Crippen molar-refractivity contribution < 1.29 is 9.90 Å². The molecule has 4 nitrogen and oxygen atoms in total. The van der Waals surface area contributed by atoms with Crippen molar-refractivity contribution >= 4 is 16.8 Å². The molecule has 2 rings (SSSR count). The molecule has 0 aliphatic carbocycles. The summed E-state index contributed by atoms with van der Waals surface area (Å²) in [6.07, 6.45) is 0.465. The summed E-state index contributed by atoms with van der Waals surface area (Å²) in [4.78, 5) is 15.4. The first-order valence-electron chi connectivity index (χ1n) is 5.68. The molecule has 2 aromatic rings. The molecule has 0 spiro atoms. The van der Waals surface area contributed by atoms with E-state index in [2.05, 4.69) is 4.98 Å². The lowest BCUT2D eigenvalue weighted by Crippen LogP contribution is -2.06. The number of imidazole rings is 1. The minimum atomic E-state index is -0.106. The highest BCUT2D eigenvalue weighted by molar-refractivity contribution is 5.78. The van der Waals surface area contributed by atoms with Crippen molar-refractivity contribution in [2.24, 2.45) is 0 Å². The number of benzene rings is 1. The summed E-state index contributed by atoms with van der Waals surface area (Å²) in [5, 5.41) is 9.29. The highest BCUT2D eigenvalue weighted by atomic mass is 16.3. The van der Waals surface area contributed by atoms with Crippen molar-refractivity contribution in [3.63, 3.8) is 0 Å². The molecule has 1 aromatic carbocycles. The van der Waals surface area contributed by atoms with Gasteiger partial charge in [0.05, 0.1) is 11.0 Å². The van der Waals surface area contributed by atoms with Gasteiger partial charge in [0.25, 0.3) is 0 Å². The third-order valence-electron chi connectivity index (χ3n) is 2.81. The molecule has 0 saturated carbocycles. The molecule has 0 aliphatic heterocycles. The van der Waals surface area contributed by atoms with Gasteiger partial charge in [0, 0.05) is 13.0 Å². The van der Waals surface area contributed by atoms with Gasteiger partial charge in [-0.2, -0.15) is 0 Å². The molecular weight excluding hydrogens is 216 g/mol. The van der Waals surface area contributed by atoms with E-state index in [1.165, 1.54) is 0 Å². The Morgan fingerprint density at radius 3 is 2.88 bits per heavy atom. The number of nitrogens with zero attached hydrogens (tertiary/aromatic N) is 2. The van der Waals surface area contributed by atoms with E-state index >= 15 is 0 Å². The fraction of sp³-hybridized carbons (Fsp3) is 0.385. The molecule has 0 unspecified atom stereocenters. The maximum absolute atomic E-state index is 11.0. The van der Waals surface area contributed by atoms with Crippen LogP contribution in [0.1, 0.15) is 24.7 Å². The number of aliphatic hydroxyl groups excluding tert-OH is 1. The van der Waals surface area contributed by atoms with Gasteiger partial charge >= 0.3 is 0 Å². The third kappa shape index (κ3) is 2.36. The molecule has 0 aliphatic rings. The van der Waals surface area contributed by atoms with E-state index in [1.54, 1.807) is 6.92 Å². The van der Waals surface area contributed by atoms with Crippen LogP contribution < -0.4 is 0 Å². The average Bonchev–Trinajstić information content (AvgIpc) is 2.63. The molecule has 0 bridgehead atoms. The Morgan fingerprint density at radius 1 is 1.47 bits per heavy atom. The number of ketones is 1. The number of carbonyl (C=O) groups excluding carboxylic acids is 1. The van der Waals surface area contributed by atoms with Gasteiger partial charge in [-0.1, -0.05) is 6.07 Å². The predicted octanol–water partition coefficient (Wildman–Crippen LogP) is 1.82. The standard InChI is InChI=1S/C13H16N2O2/c1-9-3-4-12-11(7-9)14-13(8-16)15(12)6-5-10(2)17/h3-4,7,16H,5-6,8H2,1-2H3. The summed E-state index contributed by atoms with van der Waals surface area (Å²) in [6.45, 7) is 4.05. The van der Waals surface area contributed by atoms with Crippen molar-refractivity contribution in [2.75, 3.05) is 0 Å². The molecule has 0 atom stereocenters. The van der Waals surface area contributed by atoms with Crippen LogP contribution in [0.15, 0.2) is 18.2 Å². The van der Waals surface area contributed by atoms with Crippen LogP contribution >= 0.6 is 0 Å². The van der Waals surface area contributed by atoms with Crippen molar-refractivity contribution in [3.05, 3.63) is 29.6 Å². The third-order valence-corrected chi connectivity index (χ3v) is 2.81. The van der Waals surface area contributed by atoms with Crippen molar-refractivity contribution in [1.29, 1.82) is 0 Å². The number of hydrogen-bond acceptors (Lipinski definition) is 3. The molecule has 1 heterocycles. The van der Waals surface area contributed by atoms with E-state index < -0.39 is 0 Å². The summed E-state index contributed by atoms with van der Waals surface area (Å²) >= 11 is 0. The first kappa shape index (κ1) is 11.8. The largest absolute Gasteiger partial charge is 0.388 e. The Morgan fingerprint density at radius 2 is 2.24 bits per heavy atom. The lowest BCUT2D eigenvalue weighted by Gasteiger charge is -2.06. The fourth-order valence-corrected chi connectivity index (χ4v) is 1.93. The Balaban J connectivity index is 2.47. The number of Topliss-reactive ketones (excluding diaryl/α,β-unsaturated/α-hetero) is 1. The van der Waals surface area contributed by atoms with Crippen molar-refractivity contribution in [1.82, 2.24) is 9.55 Å². The predicted molar refractivity (Wildman–Crippen MR) is 65.7 cm³/mol. The van der Waals surface area contributed by atoms with Crippen LogP contribution in [0, 0.1) is 6.92 Å². The maximum atomic E-state index is 11.0. The summed E-state index contributed by atoms with van der Waals surface area (Å²) in [5.41, 5.74) is 2.98. The molecule has 1 aromatic heterocycles. The molecule has 90 valence electrons. The average molecular weight is 232 g/mol. The number of aryl methyl sites for hydroxylation is 2. The zero-order chi connectivity index (χ0) is 12.4. The van der Waals surface area contributed by atoms with Gasteiger partial charge in [-0.05, 0) is 31.5 Å². The smallest absolute Gasteiger partial charge is 0.135 e. The molecule has 0 saturated heterocycles. The Kier molecular flexibility index (Phi) is 3.24. The van der Waals surface area contributed by atoms with Gasteiger partial charge in [-0.3, -0.25) is 4.79 Å². The summed E-state index contributed by atoms with van der Waals surface area (Å²) in [7, 11) is 0. The van der Waals surface area contributed by atoms with Gasteiger partial charge in [-0.25, -0.2) is 4.98 Å². The molecular formula is C13H16N2O2. The van der Waals surface area contributed by atoms with Gasteiger partial charge in [0.15, 0.2) is 0 Å². The zero-order valence-corrected chi connectivity index (χ0v) is 10.1. The van der Waals surface area contributed by atoms with E-state index in [1.807, 2.05) is 29.7 Å². The second kappa shape index (κ2) is 4.67. The maximum Gasteiger partial charge on any atom is 0.135 e. The topological polar surface area (TPSA) is 55.1 Å². The van der Waals surface area contributed by atoms with Crippen LogP contribution in [0.4, 0.5) is 0 Å². The molecule has 0 radical (unpaired) electrons. The van der Waals surface area contributed by atoms with Crippen LogP contribution in [0.2, 0.25) is 0 Å². The summed E-state index contributed by atoms with van der Waals surface area (Å²) in [6, 6.07) is 5.98. The van der Waals surface area contributed by atoms with Crippen LogP contribution in [-0.4, -0.2) is 20.4 Å². The quantitative estimate of drug-likeness (QED) is 0.874. The molecule has 4 heteroatoms. The lowest BCUT2D eigenvalue weighted by atomic mass is 10.2. The first-order valence-corrected chi connectivity index (χ1v) is 5.68. The molecule has 17 heavy (non-hydrogen) atoms. The van der Waals surface area contributed by atoms with E-state index in [4.69, 9.17) is 0 Å². The number of fused-ring (bicyclic) bond motifs is 1. The molecule has 0 amide bonds. The molecule has 1 N–H and O–H groups in total. The Bertz CT molecular complexity index is 558. The highest BCUT2D eigenvalue weighted by Crippen LogP contribution is 2.18. The van der Waals surface area contributed by atoms with E-state index in [-0.39, 0.29) is 12.4 Å². The van der Waals surface area contributed by atoms with Gasteiger partial charge in [0.2, 0.25) is 0 Å². The fourth-order valence-electron chi connectivity index (χ4n) is 1.93. The van der Waals surface area contributed by atoms with Crippen LogP contribution in [0.3, 0.4) is 0 Å². The van der Waals surface area contributed by atoms with E-state index in [9.17, 15) is 9.90 Å². The Labute approximate surface area is 99.9 Å². The number of carbonyl (C=O) groups is 1. The Hall–Kier alpha value is -1.68. The monoisotopic (exact) mass is 232 g/mol. The summed E-state index contributed by atoms with van der Waals surface area (Å²) < 4.78 is 1.91. The van der Waals surface area contributed by atoms with Crippen LogP contribution in [0.25, 0.3) is 11.0 Å².